The minimum atomic E-state index is -0.216. The fourth-order valence-electron chi connectivity index (χ4n) is 3.40. The lowest BCUT2D eigenvalue weighted by Gasteiger charge is -2.22. The van der Waals surface area contributed by atoms with Gasteiger partial charge >= 0.3 is 0 Å². The Bertz CT molecular complexity index is 735. The van der Waals surface area contributed by atoms with E-state index < -0.39 is 0 Å². The summed E-state index contributed by atoms with van der Waals surface area (Å²) in [4.78, 5) is 10.5. The molecule has 0 radical (unpaired) electrons. The number of hydrogen-bond acceptors (Lipinski definition) is 4. The molecule has 114 valence electrons. The molecule has 4 rings (SSSR count). The van der Waals surface area contributed by atoms with E-state index in [1.54, 1.807) is 7.11 Å². The van der Waals surface area contributed by atoms with Crippen molar-refractivity contribution in [2.75, 3.05) is 20.2 Å². The maximum Gasteiger partial charge on any atom is 0.144 e. The number of benzene rings is 1. The summed E-state index contributed by atoms with van der Waals surface area (Å²) in [6, 6.07) is 6.21. The second-order valence-corrected chi connectivity index (χ2v) is 6.25. The van der Waals surface area contributed by atoms with E-state index in [0.29, 0.717) is 5.92 Å². The zero-order valence-electron chi connectivity index (χ0n) is 12.8. The van der Waals surface area contributed by atoms with Gasteiger partial charge in [0.25, 0.3) is 0 Å². The van der Waals surface area contributed by atoms with Crippen molar-refractivity contribution < 1.29 is 4.74 Å². The molecule has 1 saturated carbocycles. The van der Waals surface area contributed by atoms with Crippen LogP contribution in [0.5, 0.6) is 5.75 Å². The minimum absolute atomic E-state index is 0.216. The predicted octanol–water partition coefficient (Wildman–Crippen LogP) is 3.11. The summed E-state index contributed by atoms with van der Waals surface area (Å²) in [6.45, 7) is 1.98. The molecule has 1 unspecified atom stereocenters. The molecule has 2 heterocycles. The molecule has 2 aromatic rings. The number of H-pyrrole nitrogens is 1. The zero-order chi connectivity index (χ0) is 15.1. The molecule has 5 heteroatoms. The van der Waals surface area contributed by atoms with E-state index in [-0.39, 0.29) is 6.04 Å². The summed E-state index contributed by atoms with van der Waals surface area (Å²) in [5.41, 5.74) is 2.84. The van der Waals surface area contributed by atoms with Crippen LogP contribution < -0.4 is 4.74 Å². The number of nitrogens with one attached hydrogen (secondary N) is 1. The summed E-state index contributed by atoms with van der Waals surface area (Å²) in [7, 11) is 1.67. The Morgan fingerprint density at radius 3 is 2.77 bits per heavy atom. The second kappa shape index (κ2) is 5.29. The van der Waals surface area contributed by atoms with Crippen LogP contribution in [0.4, 0.5) is 0 Å². The minimum Gasteiger partial charge on any atom is -0.494 e. The van der Waals surface area contributed by atoms with Crippen molar-refractivity contribution in [3.05, 3.63) is 23.5 Å². The Balaban J connectivity index is 1.84. The van der Waals surface area contributed by atoms with Crippen molar-refractivity contribution in [3.8, 4) is 11.8 Å². The molecule has 0 bridgehead atoms. The summed E-state index contributed by atoms with van der Waals surface area (Å²) in [6.07, 6.45) is 4.74. The van der Waals surface area contributed by atoms with E-state index in [4.69, 9.17) is 9.72 Å². The van der Waals surface area contributed by atoms with Crippen LogP contribution in [-0.2, 0) is 0 Å². The Hall–Kier alpha value is -2.06. The number of nitrogens with zero attached hydrogens (tertiary/aromatic N) is 3. The highest BCUT2D eigenvalue weighted by atomic mass is 16.5. The second-order valence-electron chi connectivity index (χ2n) is 6.25. The fraction of sp³-hybridized carbons (Fsp3) is 0.529. The van der Waals surface area contributed by atoms with E-state index in [0.717, 1.165) is 41.3 Å². The van der Waals surface area contributed by atoms with E-state index in [2.05, 4.69) is 16.0 Å². The number of imidazole rings is 1. The Kier molecular flexibility index (Phi) is 3.27. The van der Waals surface area contributed by atoms with Gasteiger partial charge in [-0.25, -0.2) is 4.98 Å². The molecule has 2 aliphatic rings. The highest BCUT2D eigenvalue weighted by Crippen LogP contribution is 2.41. The third-order valence-corrected chi connectivity index (χ3v) is 4.76. The number of methoxy groups -OCH3 is 1. The summed E-state index contributed by atoms with van der Waals surface area (Å²) >= 11 is 0. The lowest BCUT2D eigenvalue weighted by Crippen LogP contribution is -2.24. The van der Waals surface area contributed by atoms with E-state index >= 15 is 0 Å². The summed E-state index contributed by atoms with van der Waals surface area (Å²) < 4.78 is 5.47. The fourth-order valence-corrected chi connectivity index (χ4v) is 3.40. The van der Waals surface area contributed by atoms with Crippen molar-refractivity contribution >= 4 is 11.0 Å². The Morgan fingerprint density at radius 2 is 2.14 bits per heavy atom. The van der Waals surface area contributed by atoms with Crippen LogP contribution in [0.3, 0.4) is 0 Å². The molecule has 2 fully saturated rings. The molecule has 1 aliphatic heterocycles. The van der Waals surface area contributed by atoms with E-state index in [9.17, 15) is 5.26 Å². The molecular weight excluding hydrogens is 276 g/mol. The smallest absolute Gasteiger partial charge is 0.144 e. The standard InChI is InChI=1S/C17H20N4O/c1-22-14-7-6-12(13(10-18)21-8-2-3-9-21)15-16(14)20-17(19-15)11-4-5-11/h6-7,11,13H,2-5,8-9H2,1H3,(H,19,20). The number of nitriles is 1. The predicted molar refractivity (Wildman–Crippen MR) is 83.8 cm³/mol. The highest BCUT2D eigenvalue weighted by molar-refractivity contribution is 5.86. The van der Waals surface area contributed by atoms with Gasteiger partial charge in [-0.1, -0.05) is 6.07 Å². The molecule has 0 spiro atoms. The summed E-state index contributed by atoms with van der Waals surface area (Å²) in [5.74, 6) is 2.40. The van der Waals surface area contributed by atoms with Crippen molar-refractivity contribution in [3.63, 3.8) is 0 Å². The van der Waals surface area contributed by atoms with Crippen LogP contribution >= 0.6 is 0 Å². The van der Waals surface area contributed by atoms with E-state index in [1.165, 1.54) is 25.7 Å². The van der Waals surface area contributed by atoms with Gasteiger partial charge in [0.05, 0.1) is 18.7 Å². The van der Waals surface area contributed by atoms with Crippen molar-refractivity contribution in [1.29, 1.82) is 5.26 Å². The maximum absolute atomic E-state index is 9.69. The molecule has 1 atom stereocenters. The van der Waals surface area contributed by atoms with Crippen molar-refractivity contribution in [2.24, 2.45) is 0 Å². The molecule has 1 aromatic heterocycles. The van der Waals surface area contributed by atoms with Crippen LogP contribution in [0.1, 0.15) is 49.0 Å². The highest BCUT2D eigenvalue weighted by Gasteiger charge is 2.30. The number of rotatable bonds is 4. The molecule has 0 amide bonds. The molecule has 1 aromatic carbocycles. The van der Waals surface area contributed by atoms with Crippen LogP contribution in [0, 0.1) is 11.3 Å². The number of aromatic amines is 1. The lowest BCUT2D eigenvalue weighted by molar-refractivity contribution is 0.295. The number of fused-ring (bicyclic) bond motifs is 1. The van der Waals surface area contributed by atoms with Gasteiger partial charge in [-0.15, -0.1) is 0 Å². The first-order valence-corrected chi connectivity index (χ1v) is 8.02. The van der Waals surface area contributed by atoms with Crippen molar-refractivity contribution in [2.45, 2.75) is 37.6 Å². The largest absolute Gasteiger partial charge is 0.494 e. The average Bonchev–Trinajstić information content (AvgIpc) is 3.07. The van der Waals surface area contributed by atoms with Crippen LogP contribution in [0.2, 0.25) is 0 Å². The van der Waals surface area contributed by atoms with Gasteiger partial charge in [-0.2, -0.15) is 5.26 Å². The first-order chi connectivity index (χ1) is 10.8. The van der Waals surface area contributed by atoms with Crippen LogP contribution in [0.25, 0.3) is 11.0 Å². The molecule has 1 saturated heterocycles. The molecule has 5 nitrogen and oxygen atoms in total. The van der Waals surface area contributed by atoms with Crippen LogP contribution in [0.15, 0.2) is 12.1 Å². The van der Waals surface area contributed by atoms with Gasteiger partial charge in [0.2, 0.25) is 0 Å². The topological polar surface area (TPSA) is 64.9 Å². The zero-order valence-corrected chi connectivity index (χ0v) is 12.8. The first-order valence-electron chi connectivity index (χ1n) is 8.02. The van der Waals surface area contributed by atoms with Gasteiger partial charge in [-0.05, 0) is 44.8 Å². The third kappa shape index (κ3) is 2.15. The molecular formula is C17H20N4O. The molecule has 22 heavy (non-hydrogen) atoms. The van der Waals surface area contributed by atoms with Gasteiger partial charge in [0.1, 0.15) is 23.1 Å². The lowest BCUT2D eigenvalue weighted by atomic mass is 10.0. The quantitative estimate of drug-likeness (QED) is 0.941. The van der Waals surface area contributed by atoms with Gasteiger partial charge in [0.15, 0.2) is 0 Å². The normalized spacial score (nSPS) is 20.2. The SMILES string of the molecule is COc1ccc(C(C#N)N2CCCC2)c2nc(C3CC3)[nH]c12. The number of ether oxygens (including phenoxy) is 1. The summed E-state index contributed by atoms with van der Waals surface area (Å²) in [5, 5.41) is 9.69. The number of likely N-dealkylation sites (tertiary alicyclic amines) is 1. The van der Waals surface area contributed by atoms with Gasteiger partial charge in [0, 0.05) is 11.5 Å². The average molecular weight is 296 g/mol. The molecule has 1 aliphatic carbocycles. The van der Waals surface area contributed by atoms with Crippen LogP contribution in [-0.4, -0.2) is 35.1 Å². The monoisotopic (exact) mass is 296 g/mol. The Labute approximate surface area is 129 Å². The maximum atomic E-state index is 9.69. The molecule has 1 N–H and O–H groups in total. The first kappa shape index (κ1) is 13.6. The van der Waals surface area contributed by atoms with Crippen molar-refractivity contribution in [1.82, 2.24) is 14.9 Å². The number of hydrogen-bond donors (Lipinski definition) is 1. The number of aromatic nitrogens is 2. The van der Waals surface area contributed by atoms with E-state index in [1.807, 2.05) is 12.1 Å². The van der Waals surface area contributed by atoms with Gasteiger partial charge < -0.3 is 9.72 Å². The third-order valence-electron chi connectivity index (χ3n) is 4.76. The Morgan fingerprint density at radius 1 is 1.36 bits per heavy atom. The van der Waals surface area contributed by atoms with Gasteiger partial charge in [-0.3, -0.25) is 4.90 Å².